The number of aromatic nitrogens is 2. The van der Waals surface area contributed by atoms with Gasteiger partial charge in [-0.25, -0.2) is 4.98 Å². The van der Waals surface area contributed by atoms with Gasteiger partial charge in [-0.15, -0.1) is 11.8 Å². The lowest BCUT2D eigenvalue weighted by Crippen LogP contribution is -2.24. The molecule has 1 aliphatic rings. The Bertz CT molecular complexity index is 1200. The van der Waals surface area contributed by atoms with Gasteiger partial charge in [-0.2, -0.15) is 5.26 Å². The van der Waals surface area contributed by atoms with E-state index < -0.39 is 0 Å². The van der Waals surface area contributed by atoms with Crippen molar-refractivity contribution < 1.29 is 9.59 Å². The molecule has 0 atom stereocenters. The van der Waals surface area contributed by atoms with Gasteiger partial charge in [0.1, 0.15) is 11.1 Å². The molecule has 2 N–H and O–H groups in total. The summed E-state index contributed by atoms with van der Waals surface area (Å²) in [5.74, 6) is -0.172. The maximum Gasteiger partial charge on any atom is 0.255 e. The first kappa shape index (κ1) is 21.5. The first-order chi connectivity index (χ1) is 15.6. The van der Waals surface area contributed by atoms with E-state index in [-0.39, 0.29) is 18.4 Å². The molecule has 0 saturated heterocycles. The molecule has 8 heteroatoms. The minimum atomic E-state index is -0.313. The molecule has 1 aliphatic carbocycles. The summed E-state index contributed by atoms with van der Waals surface area (Å²) in [6.07, 6.45) is 7.10. The van der Waals surface area contributed by atoms with Crippen LogP contribution < -0.4 is 10.6 Å². The average Bonchev–Trinajstić information content (AvgIpc) is 3.68. The van der Waals surface area contributed by atoms with Gasteiger partial charge in [0.15, 0.2) is 0 Å². The van der Waals surface area contributed by atoms with Crippen LogP contribution in [0.2, 0.25) is 0 Å². The lowest BCUT2D eigenvalue weighted by atomic mass is 10.1. The number of thioether (sulfide) groups is 1. The van der Waals surface area contributed by atoms with Gasteiger partial charge in [-0.1, -0.05) is 12.1 Å². The summed E-state index contributed by atoms with van der Waals surface area (Å²) in [5.41, 5.74) is 3.50. The Hall–Kier alpha value is -3.70. The van der Waals surface area contributed by atoms with Crippen molar-refractivity contribution in [1.29, 1.82) is 5.26 Å². The number of nitrogens with zero attached hydrogens (tertiary/aromatic N) is 3. The number of hydrogen-bond donors (Lipinski definition) is 2. The van der Waals surface area contributed by atoms with Crippen LogP contribution in [0.5, 0.6) is 0 Å². The monoisotopic (exact) mass is 443 g/mol. The normalized spacial score (nSPS) is 12.6. The molecule has 0 aliphatic heterocycles. The van der Waals surface area contributed by atoms with Crippen molar-refractivity contribution in [3.05, 3.63) is 82.8 Å². The van der Waals surface area contributed by atoms with E-state index >= 15 is 0 Å². The van der Waals surface area contributed by atoms with E-state index in [2.05, 4.69) is 26.7 Å². The van der Waals surface area contributed by atoms with Crippen molar-refractivity contribution in [3.63, 3.8) is 0 Å². The van der Waals surface area contributed by atoms with Crippen LogP contribution in [-0.2, 0) is 6.54 Å². The van der Waals surface area contributed by atoms with Crippen molar-refractivity contribution >= 4 is 29.3 Å². The fourth-order valence-corrected chi connectivity index (χ4v) is 3.86. The first-order valence-corrected chi connectivity index (χ1v) is 11.4. The van der Waals surface area contributed by atoms with Crippen molar-refractivity contribution in [3.8, 4) is 6.07 Å². The van der Waals surface area contributed by atoms with E-state index in [0.717, 1.165) is 24.1 Å². The van der Waals surface area contributed by atoms with E-state index in [0.29, 0.717) is 33.3 Å². The van der Waals surface area contributed by atoms with Crippen LogP contribution in [0.4, 0.5) is 5.69 Å². The third kappa shape index (κ3) is 4.95. The summed E-state index contributed by atoms with van der Waals surface area (Å²) >= 11 is 1.37. The second-order valence-electron chi connectivity index (χ2n) is 7.44. The van der Waals surface area contributed by atoms with E-state index in [1.54, 1.807) is 42.7 Å². The number of nitrogens with one attached hydrogen (secondary N) is 2. The smallest absolute Gasteiger partial charge is 0.255 e. The predicted molar refractivity (Wildman–Crippen MR) is 123 cm³/mol. The van der Waals surface area contributed by atoms with Crippen molar-refractivity contribution in [1.82, 2.24) is 15.3 Å². The molecule has 1 saturated carbocycles. The fraction of sp³-hybridized carbons (Fsp3) is 0.208. The number of carbonyl (C=O) groups excluding carboxylic acids is 2. The molecule has 32 heavy (non-hydrogen) atoms. The lowest BCUT2D eigenvalue weighted by molar-refractivity contribution is 0.0949. The third-order valence-corrected chi connectivity index (χ3v) is 5.81. The van der Waals surface area contributed by atoms with Crippen LogP contribution in [0.15, 0.2) is 59.9 Å². The number of amides is 2. The number of nitriles is 1. The molecule has 1 aromatic carbocycles. The number of hydrogen-bond acceptors (Lipinski definition) is 6. The molecule has 160 valence electrons. The largest absolute Gasteiger partial charge is 0.348 e. The molecule has 2 aromatic heterocycles. The number of carbonyl (C=O) groups is 2. The third-order valence-electron chi connectivity index (χ3n) is 5.13. The quantitative estimate of drug-likeness (QED) is 0.532. The molecule has 0 unspecified atom stereocenters. The van der Waals surface area contributed by atoms with E-state index in [1.165, 1.54) is 11.8 Å². The Kier molecular flexibility index (Phi) is 6.47. The highest BCUT2D eigenvalue weighted by Gasteiger charge is 2.28. The molecule has 2 heterocycles. The van der Waals surface area contributed by atoms with Crippen LogP contribution in [0.1, 0.15) is 56.3 Å². The second kappa shape index (κ2) is 9.62. The zero-order valence-corrected chi connectivity index (χ0v) is 18.3. The zero-order chi connectivity index (χ0) is 22.5. The maximum absolute atomic E-state index is 12.9. The van der Waals surface area contributed by atoms with Gasteiger partial charge in [0.05, 0.1) is 11.1 Å². The Morgan fingerprint density at radius 1 is 1.16 bits per heavy atom. The summed E-state index contributed by atoms with van der Waals surface area (Å²) in [6.45, 7) is 0.262. The first-order valence-electron chi connectivity index (χ1n) is 10.2. The lowest BCUT2D eigenvalue weighted by Gasteiger charge is -2.12. The second-order valence-corrected chi connectivity index (χ2v) is 8.23. The highest BCUT2D eigenvalue weighted by atomic mass is 32.2. The van der Waals surface area contributed by atoms with Gasteiger partial charge < -0.3 is 10.6 Å². The Labute approximate surface area is 190 Å². The minimum absolute atomic E-state index is 0.235. The molecule has 1 fully saturated rings. The van der Waals surface area contributed by atoms with Gasteiger partial charge in [0.2, 0.25) is 0 Å². The molecule has 4 rings (SSSR count). The van der Waals surface area contributed by atoms with Gasteiger partial charge in [-0.05, 0) is 55.0 Å². The summed E-state index contributed by atoms with van der Waals surface area (Å²) in [6, 6.07) is 14.4. The molecular weight excluding hydrogens is 422 g/mol. The number of rotatable bonds is 7. The Morgan fingerprint density at radius 2 is 1.94 bits per heavy atom. The highest BCUT2D eigenvalue weighted by molar-refractivity contribution is 7.98. The molecule has 7 nitrogen and oxygen atoms in total. The van der Waals surface area contributed by atoms with Crippen molar-refractivity contribution in [2.75, 3.05) is 11.6 Å². The predicted octanol–water partition coefficient (Wildman–Crippen LogP) is 4.13. The SMILES string of the molecule is CSc1nc(C2CC2)cc(C(=O)NCc2cccc(NC(=O)c3ccncc3)c2)c1C#N. The number of anilines is 1. The van der Waals surface area contributed by atoms with E-state index in [4.69, 9.17) is 0 Å². The van der Waals surface area contributed by atoms with Crippen LogP contribution >= 0.6 is 11.8 Å². The fourth-order valence-electron chi connectivity index (χ4n) is 3.31. The van der Waals surface area contributed by atoms with Gasteiger partial charge >= 0.3 is 0 Å². The molecule has 0 radical (unpaired) electrons. The number of pyridine rings is 2. The number of benzene rings is 1. The zero-order valence-electron chi connectivity index (χ0n) is 17.5. The topological polar surface area (TPSA) is 108 Å². The molecule has 0 spiro atoms. The summed E-state index contributed by atoms with van der Waals surface area (Å²) < 4.78 is 0. The Balaban J connectivity index is 1.47. The van der Waals surface area contributed by atoms with Crippen molar-refractivity contribution in [2.24, 2.45) is 0 Å². The van der Waals surface area contributed by atoms with E-state index in [9.17, 15) is 14.9 Å². The van der Waals surface area contributed by atoms with Gasteiger partial charge in [-0.3, -0.25) is 14.6 Å². The average molecular weight is 444 g/mol. The van der Waals surface area contributed by atoms with Gasteiger partial charge in [0.25, 0.3) is 11.8 Å². The van der Waals surface area contributed by atoms with Crippen LogP contribution in [0.25, 0.3) is 0 Å². The minimum Gasteiger partial charge on any atom is -0.348 e. The summed E-state index contributed by atoms with van der Waals surface area (Å²) in [4.78, 5) is 33.8. The summed E-state index contributed by atoms with van der Waals surface area (Å²) in [5, 5.41) is 15.9. The standard InChI is InChI=1S/C24H21N5O2S/c1-32-24-20(13-25)19(12-21(29-24)16-5-6-16)23(31)27-14-15-3-2-4-18(11-15)28-22(30)17-7-9-26-10-8-17/h2-4,7-12,16H,5-6,14H2,1H3,(H,27,31)(H,28,30). The van der Waals surface area contributed by atoms with Gasteiger partial charge in [0, 0.05) is 41.8 Å². The molecular formula is C24H21N5O2S. The van der Waals surface area contributed by atoms with Crippen LogP contribution in [0.3, 0.4) is 0 Å². The molecule has 3 aromatic rings. The molecule has 0 bridgehead atoms. The van der Waals surface area contributed by atoms with E-state index in [1.807, 2.05) is 18.4 Å². The highest BCUT2D eigenvalue weighted by Crippen LogP contribution is 2.40. The maximum atomic E-state index is 12.9. The van der Waals surface area contributed by atoms with Crippen LogP contribution in [0, 0.1) is 11.3 Å². The molecule has 2 amide bonds. The summed E-state index contributed by atoms with van der Waals surface area (Å²) in [7, 11) is 0. The van der Waals surface area contributed by atoms with Crippen molar-refractivity contribution in [2.45, 2.75) is 30.3 Å². The Morgan fingerprint density at radius 3 is 2.62 bits per heavy atom. The van der Waals surface area contributed by atoms with Crippen LogP contribution in [-0.4, -0.2) is 28.0 Å².